The van der Waals surface area contributed by atoms with Gasteiger partial charge in [0.15, 0.2) is 0 Å². The van der Waals surface area contributed by atoms with Crippen LogP contribution in [0.3, 0.4) is 0 Å². The highest BCUT2D eigenvalue weighted by Gasteiger charge is 2.12. The van der Waals surface area contributed by atoms with Gasteiger partial charge in [-0.15, -0.1) is 6.42 Å². The van der Waals surface area contributed by atoms with Crippen molar-refractivity contribution in [1.29, 1.82) is 0 Å². The zero-order valence-corrected chi connectivity index (χ0v) is 11.7. The van der Waals surface area contributed by atoms with Crippen molar-refractivity contribution in [3.8, 4) is 12.3 Å². The first-order valence-corrected chi connectivity index (χ1v) is 6.31. The van der Waals surface area contributed by atoms with Gasteiger partial charge in [0.1, 0.15) is 5.82 Å². The Morgan fingerprint density at radius 2 is 2.14 bits per heavy atom. The average molecular weight is 292 g/mol. The van der Waals surface area contributed by atoms with E-state index in [0.29, 0.717) is 5.56 Å². The van der Waals surface area contributed by atoms with E-state index in [9.17, 15) is 14.0 Å². The van der Waals surface area contributed by atoms with E-state index in [2.05, 4.69) is 11.2 Å². The van der Waals surface area contributed by atoms with Gasteiger partial charge in [0.2, 0.25) is 5.91 Å². The maximum Gasteiger partial charge on any atom is 0.317 e. The predicted octanol–water partition coefficient (Wildman–Crippen LogP) is 0.770. The van der Waals surface area contributed by atoms with Crippen LogP contribution in [0.1, 0.15) is 11.1 Å². The Bertz CT molecular complexity index is 567. The summed E-state index contributed by atoms with van der Waals surface area (Å²) in [4.78, 5) is 23.7. The Hall–Kier alpha value is -2.39. The number of benzene rings is 1. The van der Waals surface area contributed by atoms with Gasteiger partial charge < -0.3 is 10.4 Å². The van der Waals surface area contributed by atoms with Gasteiger partial charge in [0.05, 0.1) is 19.6 Å². The lowest BCUT2D eigenvalue weighted by Gasteiger charge is -2.16. The molecule has 5 nitrogen and oxygen atoms in total. The Kier molecular flexibility index (Phi) is 6.37. The number of aliphatic carboxylic acids is 1. The molecule has 0 atom stereocenters. The molecule has 0 bridgehead atoms. The SMILES string of the molecule is C#CCN(CC(=O)O)CC(=O)NCc1ccc(F)c(C)c1. The van der Waals surface area contributed by atoms with Crippen LogP contribution in [0.15, 0.2) is 18.2 Å². The molecule has 0 unspecified atom stereocenters. The van der Waals surface area contributed by atoms with E-state index in [1.165, 1.54) is 11.0 Å². The first-order chi connectivity index (χ1) is 9.92. The molecule has 112 valence electrons. The van der Waals surface area contributed by atoms with Crippen LogP contribution in [0.4, 0.5) is 4.39 Å². The molecule has 0 aliphatic rings. The standard InChI is InChI=1S/C15H17FN2O3/c1-3-6-18(10-15(20)21)9-14(19)17-8-12-4-5-13(16)11(2)7-12/h1,4-5,7H,6,8-10H2,2H3,(H,17,19)(H,20,21). The molecule has 1 amide bonds. The number of aryl methyl sites for hydroxylation is 1. The summed E-state index contributed by atoms with van der Waals surface area (Å²) in [7, 11) is 0. The molecule has 0 radical (unpaired) electrons. The third-order valence-corrected chi connectivity index (χ3v) is 2.75. The van der Waals surface area contributed by atoms with Crippen molar-refractivity contribution in [2.75, 3.05) is 19.6 Å². The summed E-state index contributed by atoms with van der Waals surface area (Å²) in [5.41, 5.74) is 1.27. The van der Waals surface area contributed by atoms with Crippen LogP contribution in [-0.2, 0) is 16.1 Å². The van der Waals surface area contributed by atoms with E-state index >= 15 is 0 Å². The fraction of sp³-hybridized carbons (Fsp3) is 0.333. The molecule has 0 fully saturated rings. The Morgan fingerprint density at radius 3 is 2.71 bits per heavy atom. The minimum absolute atomic E-state index is 0.0787. The molecule has 1 rings (SSSR count). The minimum Gasteiger partial charge on any atom is -0.480 e. The lowest BCUT2D eigenvalue weighted by molar-refractivity contribution is -0.138. The van der Waals surface area contributed by atoms with E-state index in [1.54, 1.807) is 19.1 Å². The van der Waals surface area contributed by atoms with Gasteiger partial charge in [0, 0.05) is 6.54 Å². The van der Waals surface area contributed by atoms with Crippen molar-refractivity contribution in [3.63, 3.8) is 0 Å². The highest BCUT2D eigenvalue weighted by Crippen LogP contribution is 2.08. The second-order valence-electron chi connectivity index (χ2n) is 4.60. The van der Waals surface area contributed by atoms with Crippen LogP contribution >= 0.6 is 0 Å². The molecular weight excluding hydrogens is 275 g/mol. The topological polar surface area (TPSA) is 69.6 Å². The van der Waals surface area contributed by atoms with Crippen LogP contribution in [0, 0.1) is 25.1 Å². The minimum atomic E-state index is -1.05. The molecule has 0 saturated heterocycles. The summed E-state index contributed by atoms with van der Waals surface area (Å²) in [5, 5.41) is 11.4. The maximum absolute atomic E-state index is 13.1. The van der Waals surface area contributed by atoms with Crippen LogP contribution in [-0.4, -0.2) is 41.5 Å². The monoisotopic (exact) mass is 292 g/mol. The number of carbonyl (C=O) groups excluding carboxylic acids is 1. The highest BCUT2D eigenvalue weighted by atomic mass is 19.1. The van der Waals surface area contributed by atoms with Crippen LogP contribution in [0.2, 0.25) is 0 Å². The predicted molar refractivity (Wildman–Crippen MR) is 75.9 cm³/mol. The number of carboxylic acids is 1. The van der Waals surface area contributed by atoms with Crippen molar-refractivity contribution in [1.82, 2.24) is 10.2 Å². The van der Waals surface area contributed by atoms with Crippen molar-refractivity contribution in [2.24, 2.45) is 0 Å². The summed E-state index contributed by atoms with van der Waals surface area (Å²) in [5.74, 6) is 0.619. The molecule has 2 N–H and O–H groups in total. The molecule has 1 aromatic rings. The lowest BCUT2D eigenvalue weighted by Crippen LogP contribution is -2.39. The maximum atomic E-state index is 13.1. The van der Waals surface area contributed by atoms with E-state index in [1.807, 2.05) is 0 Å². The van der Waals surface area contributed by atoms with Crippen molar-refractivity contribution in [3.05, 3.63) is 35.1 Å². The molecule has 0 spiro atoms. The summed E-state index contributed by atoms with van der Waals surface area (Å²) >= 11 is 0. The summed E-state index contributed by atoms with van der Waals surface area (Å²) in [6, 6.07) is 4.57. The quantitative estimate of drug-likeness (QED) is 0.728. The molecule has 6 heteroatoms. The number of nitrogens with one attached hydrogen (secondary N) is 1. The van der Waals surface area contributed by atoms with Crippen LogP contribution in [0.5, 0.6) is 0 Å². The summed E-state index contributed by atoms with van der Waals surface area (Å²) in [6.07, 6.45) is 5.12. The van der Waals surface area contributed by atoms with Gasteiger partial charge in [-0.3, -0.25) is 14.5 Å². The Labute approximate surface area is 122 Å². The number of amides is 1. The van der Waals surface area contributed by atoms with E-state index in [4.69, 9.17) is 11.5 Å². The van der Waals surface area contributed by atoms with E-state index < -0.39 is 5.97 Å². The Morgan fingerprint density at radius 1 is 1.43 bits per heavy atom. The number of carbonyl (C=O) groups is 2. The lowest BCUT2D eigenvalue weighted by atomic mass is 10.1. The Balaban J connectivity index is 2.50. The van der Waals surface area contributed by atoms with Crippen LogP contribution in [0.25, 0.3) is 0 Å². The average Bonchev–Trinajstić information content (AvgIpc) is 2.39. The molecule has 21 heavy (non-hydrogen) atoms. The summed E-state index contributed by atoms with van der Waals surface area (Å²) < 4.78 is 13.1. The molecule has 0 saturated carbocycles. The number of halogens is 1. The number of rotatable bonds is 7. The number of hydrogen-bond donors (Lipinski definition) is 2. The summed E-state index contributed by atoms with van der Waals surface area (Å²) in [6.45, 7) is 1.57. The molecule has 0 aromatic heterocycles. The number of nitrogens with zero attached hydrogens (tertiary/aromatic N) is 1. The normalized spacial score (nSPS) is 10.2. The van der Waals surface area contributed by atoms with Crippen molar-refractivity contribution in [2.45, 2.75) is 13.5 Å². The first-order valence-electron chi connectivity index (χ1n) is 6.31. The van der Waals surface area contributed by atoms with Gasteiger partial charge in [0.25, 0.3) is 0 Å². The second kappa shape index (κ2) is 8.02. The zero-order valence-electron chi connectivity index (χ0n) is 11.7. The van der Waals surface area contributed by atoms with Gasteiger partial charge in [-0.25, -0.2) is 4.39 Å². The molecule has 1 aromatic carbocycles. The fourth-order valence-electron chi connectivity index (χ4n) is 1.76. The second-order valence-corrected chi connectivity index (χ2v) is 4.60. The first kappa shape index (κ1) is 16.7. The largest absolute Gasteiger partial charge is 0.480 e. The molecule has 0 heterocycles. The molecule has 0 aliphatic heterocycles. The number of carboxylic acid groups (broad SMARTS) is 1. The fourth-order valence-corrected chi connectivity index (χ4v) is 1.76. The third kappa shape index (κ3) is 6.06. The highest BCUT2D eigenvalue weighted by molar-refractivity contribution is 5.79. The van der Waals surface area contributed by atoms with Crippen molar-refractivity contribution >= 4 is 11.9 Å². The van der Waals surface area contributed by atoms with E-state index in [-0.39, 0.29) is 37.9 Å². The van der Waals surface area contributed by atoms with E-state index in [0.717, 1.165) is 5.56 Å². The smallest absolute Gasteiger partial charge is 0.317 e. The van der Waals surface area contributed by atoms with Gasteiger partial charge in [-0.2, -0.15) is 0 Å². The van der Waals surface area contributed by atoms with Gasteiger partial charge in [-0.05, 0) is 24.1 Å². The third-order valence-electron chi connectivity index (χ3n) is 2.75. The van der Waals surface area contributed by atoms with Crippen LogP contribution < -0.4 is 5.32 Å². The zero-order chi connectivity index (χ0) is 15.8. The van der Waals surface area contributed by atoms with Crippen molar-refractivity contribution < 1.29 is 19.1 Å². The molecule has 0 aliphatic carbocycles. The number of terminal acetylenes is 1. The molecular formula is C15H17FN2O3. The van der Waals surface area contributed by atoms with Gasteiger partial charge >= 0.3 is 5.97 Å². The number of hydrogen-bond acceptors (Lipinski definition) is 3. The van der Waals surface area contributed by atoms with Gasteiger partial charge in [-0.1, -0.05) is 18.1 Å².